The summed E-state index contributed by atoms with van der Waals surface area (Å²) in [4.78, 5) is 13.1. The maximum atomic E-state index is 11.7. The molecule has 1 aromatic rings. The average molecular weight is 264 g/mol. The molecule has 0 saturated heterocycles. The fourth-order valence-corrected chi connectivity index (χ4v) is 1.60. The van der Waals surface area contributed by atoms with Gasteiger partial charge in [0.25, 0.3) is 0 Å². The fraction of sp³-hybridized carbons (Fsp3) is 0.385. The Morgan fingerprint density at radius 3 is 2.16 bits per heavy atom. The van der Waals surface area contributed by atoms with Crippen LogP contribution in [0.3, 0.4) is 0 Å². The van der Waals surface area contributed by atoms with Gasteiger partial charge in [-0.3, -0.25) is 4.79 Å². The summed E-state index contributed by atoms with van der Waals surface area (Å²) in [5.74, 6) is 1.12. The number of rotatable bonds is 5. The zero-order valence-corrected chi connectivity index (χ0v) is 11.4. The maximum absolute atomic E-state index is 11.7. The summed E-state index contributed by atoms with van der Waals surface area (Å²) in [5, 5.41) is 8.57. The molecule has 0 aliphatic rings. The van der Waals surface area contributed by atoms with E-state index in [9.17, 15) is 4.79 Å². The standard InChI is InChI=1S/C13H16N2O4/c1-15(13(16)5-6-14)9-7-11(18-3)12(19-4)8-10(9)17-2/h7-8H,5H2,1-4H3. The van der Waals surface area contributed by atoms with E-state index in [-0.39, 0.29) is 12.3 Å². The molecule has 6 heteroatoms. The van der Waals surface area contributed by atoms with Gasteiger partial charge in [0.15, 0.2) is 11.5 Å². The van der Waals surface area contributed by atoms with E-state index in [0.717, 1.165) is 0 Å². The topological polar surface area (TPSA) is 71.8 Å². The van der Waals surface area contributed by atoms with E-state index >= 15 is 0 Å². The molecule has 19 heavy (non-hydrogen) atoms. The zero-order chi connectivity index (χ0) is 14.4. The Morgan fingerprint density at radius 1 is 1.16 bits per heavy atom. The Hall–Kier alpha value is -2.42. The lowest BCUT2D eigenvalue weighted by Crippen LogP contribution is -2.26. The first-order valence-electron chi connectivity index (χ1n) is 5.52. The molecule has 0 radical (unpaired) electrons. The summed E-state index contributed by atoms with van der Waals surface area (Å²) in [7, 11) is 6.09. The van der Waals surface area contributed by atoms with Crippen LogP contribution >= 0.6 is 0 Å². The predicted molar refractivity (Wildman–Crippen MR) is 69.7 cm³/mol. The normalized spacial score (nSPS) is 9.42. The summed E-state index contributed by atoms with van der Waals surface area (Å²) in [5.41, 5.74) is 0.514. The van der Waals surface area contributed by atoms with Crippen LogP contribution in [0.1, 0.15) is 6.42 Å². The minimum atomic E-state index is -0.326. The molecular weight excluding hydrogens is 248 g/mol. The number of carbonyl (C=O) groups is 1. The number of anilines is 1. The summed E-state index contributed by atoms with van der Waals surface area (Å²) < 4.78 is 15.6. The van der Waals surface area contributed by atoms with Gasteiger partial charge in [0.05, 0.1) is 33.1 Å². The number of benzene rings is 1. The lowest BCUT2D eigenvalue weighted by atomic mass is 10.2. The average Bonchev–Trinajstić information content (AvgIpc) is 2.45. The van der Waals surface area contributed by atoms with Crippen molar-refractivity contribution in [1.82, 2.24) is 0 Å². The van der Waals surface area contributed by atoms with Gasteiger partial charge in [0.1, 0.15) is 12.2 Å². The number of hydrogen-bond donors (Lipinski definition) is 0. The Bertz CT molecular complexity index is 508. The first kappa shape index (κ1) is 14.6. The van der Waals surface area contributed by atoms with Crippen LogP contribution in [0.15, 0.2) is 12.1 Å². The molecule has 0 unspecified atom stereocenters. The third-order valence-electron chi connectivity index (χ3n) is 2.65. The van der Waals surface area contributed by atoms with Crippen LogP contribution in [-0.4, -0.2) is 34.3 Å². The SMILES string of the molecule is COc1cc(OC)c(N(C)C(=O)CC#N)cc1OC. The van der Waals surface area contributed by atoms with Gasteiger partial charge in [-0.05, 0) is 0 Å². The monoisotopic (exact) mass is 264 g/mol. The molecule has 0 N–H and O–H groups in total. The summed E-state index contributed by atoms with van der Waals surface area (Å²) in [6, 6.07) is 5.08. The second kappa shape index (κ2) is 6.50. The number of carbonyl (C=O) groups excluding carboxylic acids is 1. The van der Waals surface area contributed by atoms with Crippen LogP contribution in [-0.2, 0) is 4.79 Å². The largest absolute Gasteiger partial charge is 0.494 e. The Balaban J connectivity index is 3.26. The van der Waals surface area contributed by atoms with Crippen LogP contribution in [0, 0.1) is 11.3 Å². The number of nitrogens with zero attached hydrogens (tertiary/aromatic N) is 2. The van der Waals surface area contributed by atoms with Gasteiger partial charge in [0.2, 0.25) is 5.91 Å². The minimum Gasteiger partial charge on any atom is -0.494 e. The van der Waals surface area contributed by atoms with Crippen molar-refractivity contribution in [3.05, 3.63) is 12.1 Å². The summed E-state index contributed by atoms with van der Waals surface area (Å²) in [6.45, 7) is 0. The van der Waals surface area contributed by atoms with Gasteiger partial charge < -0.3 is 19.1 Å². The second-order valence-electron chi connectivity index (χ2n) is 3.67. The number of methoxy groups -OCH3 is 3. The zero-order valence-electron chi connectivity index (χ0n) is 11.4. The number of amides is 1. The van der Waals surface area contributed by atoms with Gasteiger partial charge in [-0.25, -0.2) is 0 Å². The van der Waals surface area contributed by atoms with Crippen molar-refractivity contribution in [1.29, 1.82) is 5.26 Å². The Kier molecular flexibility index (Phi) is 5.01. The van der Waals surface area contributed by atoms with Gasteiger partial charge in [-0.15, -0.1) is 0 Å². The summed E-state index contributed by atoms with van der Waals surface area (Å²) >= 11 is 0. The summed E-state index contributed by atoms with van der Waals surface area (Å²) in [6.07, 6.45) is -0.200. The van der Waals surface area contributed by atoms with Crippen LogP contribution in [0.4, 0.5) is 5.69 Å². The van der Waals surface area contributed by atoms with E-state index in [0.29, 0.717) is 22.9 Å². The quantitative estimate of drug-likeness (QED) is 0.807. The van der Waals surface area contributed by atoms with E-state index in [1.165, 1.54) is 26.2 Å². The molecule has 0 bridgehead atoms. The van der Waals surface area contributed by atoms with Crippen molar-refractivity contribution in [2.24, 2.45) is 0 Å². The van der Waals surface area contributed by atoms with Crippen molar-refractivity contribution in [2.45, 2.75) is 6.42 Å². The maximum Gasteiger partial charge on any atom is 0.241 e. The van der Waals surface area contributed by atoms with Crippen molar-refractivity contribution < 1.29 is 19.0 Å². The van der Waals surface area contributed by atoms with E-state index < -0.39 is 0 Å². The lowest BCUT2D eigenvalue weighted by Gasteiger charge is -2.21. The number of hydrogen-bond acceptors (Lipinski definition) is 5. The molecule has 0 aliphatic carbocycles. The van der Waals surface area contributed by atoms with E-state index in [2.05, 4.69) is 0 Å². The molecular formula is C13H16N2O4. The molecule has 1 aromatic carbocycles. The molecule has 0 aromatic heterocycles. The highest BCUT2D eigenvalue weighted by atomic mass is 16.5. The minimum absolute atomic E-state index is 0.200. The van der Waals surface area contributed by atoms with Crippen molar-refractivity contribution in [3.8, 4) is 23.3 Å². The Morgan fingerprint density at radius 2 is 1.68 bits per heavy atom. The molecule has 0 saturated carbocycles. The third-order valence-corrected chi connectivity index (χ3v) is 2.65. The first-order valence-corrected chi connectivity index (χ1v) is 5.52. The number of ether oxygens (including phenoxy) is 3. The van der Waals surface area contributed by atoms with Crippen LogP contribution in [0.5, 0.6) is 17.2 Å². The fourth-order valence-electron chi connectivity index (χ4n) is 1.60. The van der Waals surface area contributed by atoms with Gasteiger partial charge in [0, 0.05) is 19.2 Å². The first-order chi connectivity index (χ1) is 9.08. The highest BCUT2D eigenvalue weighted by Crippen LogP contribution is 2.39. The second-order valence-corrected chi connectivity index (χ2v) is 3.67. The smallest absolute Gasteiger partial charge is 0.241 e. The molecule has 0 aliphatic heterocycles. The lowest BCUT2D eigenvalue weighted by molar-refractivity contribution is -0.117. The molecule has 0 fully saturated rings. The van der Waals surface area contributed by atoms with Crippen molar-refractivity contribution >= 4 is 11.6 Å². The van der Waals surface area contributed by atoms with Crippen LogP contribution in [0.25, 0.3) is 0 Å². The molecule has 1 amide bonds. The van der Waals surface area contributed by atoms with Gasteiger partial charge >= 0.3 is 0 Å². The third kappa shape index (κ3) is 3.07. The number of nitriles is 1. The van der Waals surface area contributed by atoms with Crippen molar-refractivity contribution in [3.63, 3.8) is 0 Å². The van der Waals surface area contributed by atoms with E-state index in [1.54, 1.807) is 19.2 Å². The predicted octanol–water partition coefficient (Wildman–Crippen LogP) is 1.59. The van der Waals surface area contributed by atoms with Crippen LogP contribution in [0.2, 0.25) is 0 Å². The van der Waals surface area contributed by atoms with Crippen molar-refractivity contribution in [2.75, 3.05) is 33.3 Å². The van der Waals surface area contributed by atoms with Crippen LogP contribution < -0.4 is 19.1 Å². The molecule has 6 nitrogen and oxygen atoms in total. The molecule has 1 rings (SSSR count). The van der Waals surface area contributed by atoms with Gasteiger partial charge in [-0.2, -0.15) is 5.26 Å². The molecule has 0 atom stereocenters. The van der Waals surface area contributed by atoms with E-state index in [4.69, 9.17) is 19.5 Å². The highest BCUT2D eigenvalue weighted by Gasteiger charge is 2.18. The van der Waals surface area contributed by atoms with Gasteiger partial charge in [-0.1, -0.05) is 0 Å². The Labute approximate surface area is 112 Å². The molecule has 0 spiro atoms. The molecule has 102 valence electrons. The van der Waals surface area contributed by atoms with E-state index in [1.807, 2.05) is 6.07 Å². The molecule has 0 heterocycles. The highest BCUT2D eigenvalue weighted by molar-refractivity contribution is 5.96.